The van der Waals surface area contributed by atoms with E-state index in [0.717, 1.165) is 18.4 Å². The summed E-state index contributed by atoms with van der Waals surface area (Å²) >= 11 is 0. The Morgan fingerprint density at radius 3 is 2.48 bits per heavy atom. The van der Waals surface area contributed by atoms with Crippen LogP contribution in [-0.2, 0) is 24.2 Å². The molecule has 5 rings (SSSR count). The number of hydrogen-bond donors (Lipinski definition) is 0. The number of nitrogens with zero attached hydrogens (tertiary/aromatic N) is 2. The Labute approximate surface area is 194 Å². The van der Waals surface area contributed by atoms with Crippen molar-refractivity contribution in [1.29, 1.82) is 0 Å². The van der Waals surface area contributed by atoms with Crippen molar-refractivity contribution in [1.82, 2.24) is 4.90 Å². The van der Waals surface area contributed by atoms with Crippen LogP contribution in [0, 0.1) is 0 Å². The normalized spacial score (nSPS) is 16.6. The second-order valence-electron chi connectivity index (χ2n) is 9.23. The average molecular weight is 441 g/mol. The standard InChI is InChI=1S/C28H28N2O3/c1-28(2)27(32)30(17-14-20-8-4-3-5-9-20)24-18-22(12-13-25(24)33-28)26(31)29-16-15-21-10-6-7-11-23(21)19-29/h3-13,18H,14-17,19H2,1-2H3. The van der Waals surface area contributed by atoms with Crippen LogP contribution in [0.2, 0.25) is 0 Å². The first kappa shape index (κ1) is 21.3. The first-order valence-corrected chi connectivity index (χ1v) is 11.5. The molecule has 0 radical (unpaired) electrons. The number of hydrogen-bond acceptors (Lipinski definition) is 3. The molecule has 0 saturated heterocycles. The minimum Gasteiger partial charge on any atom is -0.476 e. The van der Waals surface area contributed by atoms with Crippen molar-refractivity contribution in [3.8, 4) is 5.75 Å². The lowest BCUT2D eigenvalue weighted by Crippen LogP contribution is -2.53. The fraction of sp³-hybridized carbons (Fsp3) is 0.286. The maximum atomic E-state index is 13.4. The SMILES string of the molecule is CC1(C)Oc2ccc(C(=O)N3CCc4ccccc4C3)cc2N(CCc2ccccc2)C1=O. The van der Waals surface area contributed by atoms with E-state index in [1.54, 1.807) is 18.7 Å². The highest BCUT2D eigenvalue weighted by Gasteiger charge is 2.41. The maximum absolute atomic E-state index is 13.4. The van der Waals surface area contributed by atoms with Crippen LogP contribution in [0.4, 0.5) is 5.69 Å². The molecule has 5 heteroatoms. The van der Waals surface area contributed by atoms with Gasteiger partial charge in [-0.25, -0.2) is 0 Å². The Bertz CT molecular complexity index is 1200. The summed E-state index contributed by atoms with van der Waals surface area (Å²) in [4.78, 5) is 30.3. The van der Waals surface area contributed by atoms with E-state index in [-0.39, 0.29) is 11.8 Å². The van der Waals surface area contributed by atoms with Gasteiger partial charge in [0, 0.05) is 25.2 Å². The molecule has 0 N–H and O–H groups in total. The zero-order valence-electron chi connectivity index (χ0n) is 19.1. The van der Waals surface area contributed by atoms with E-state index in [2.05, 4.69) is 24.3 Å². The van der Waals surface area contributed by atoms with Crippen molar-refractivity contribution in [2.24, 2.45) is 0 Å². The highest BCUT2D eigenvalue weighted by molar-refractivity contribution is 6.04. The van der Waals surface area contributed by atoms with Crippen LogP contribution < -0.4 is 9.64 Å². The molecule has 0 spiro atoms. The minimum absolute atomic E-state index is 0.0207. The molecule has 0 aromatic heterocycles. The van der Waals surface area contributed by atoms with Crippen molar-refractivity contribution < 1.29 is 14.3 Å². The van der Waals surface area contributed by atoms with Gasteiger partial charge in [0.1, 0.15) is 5.75 Å². The summed E-state index contributed by atoms with van der Waals surface area (Å²) in [6, 6.07) is 23.8. The van der Waals surface area contributed by atoms with Crippen LogP contribution in [-0.4, -0.2) is 35.4 Å². The number of carbonyl (C=O) groups excluding carboxylic acids is 2. The van der Waals surface area contributed by atoms with Crippen LogP contribution in [0.15, 0.2) is 72.8 Å². The summed E-state index contributed by atoms with van der Waals surface area (Å²) in [6.45, 7) is 5.40. The van der Waals surface area contributed by atoms with E-state index < -0.39 is 5.60 Å². The Balaban J connectivity index is 1.42. The number of amides is 2. The first-order chi connectivity index (χ1) is 15.9. The fourth-order valence-corrected chi connectivity index (χ4v) is 4.66. The number of anilines is 1. The molecular formula is C28H28N2O3. The van der Waals surface area contributed by atoms with Gasteiger partial charge in [-0.2, -0.15) is 0 Å². The highest BCUT2D eigenvalue weighted by atomic mass is 16.5. The van der Waals surface area contributed by atoms with Gasteiger partial charge in [0.2, 0.25) is 0 Å². The molecule has 0 bridgehead atoms. The quantitative estimate of drug-likeness (QED) is 0.594. The second-order valence-corrected chi connectivity index (χ2v) is 9.23. The lowest BCUT2D eigenvalue weighted by atomic mass is 9.98. The third-order valence-corrected chi connectivity index (χ3v) is 6.51. The van der Waals surface area contributed by atoms with Crippen LogP contribution in [0.1, 0.15) is 40.9 Å². The molecule has 5 nitrogen and oxygen atoms in total. The third kappa shape index (κ3) is 4.11. The van der Waals surface area contributed by atoms with Gasteiger partial charge in [-0.1, -0.05) is 54.6 Å². The van der Waals surface area contributed by atoms with E-state index in [0.29, 0.717) is 36.6 Å². The van der Waals surface area contributed by atoms with Gasteiger partial charge in [0.05, 0.1) is 5.69 Å². The number of carbonyl (C=O) groups is 2. The summed E-state index contributed by atoms with van der Waals surface area (Å²) in [7, 11) is 0. The molecule has 2 heterocycles. The Hall–Kier alpha value is -3.60. The molecule has 3 aromatic carbocycles. The summed E-state index contributed by atoms with van der Waals surface area (Å²) in [6.07, 6.45) is 1.58. The van der Waals surface area contributed by atoms with E-state index in [1.807, 2.05) is 53.4 Å². The van der Waals surface area contributed by atoms with Crippen LogP contribution in [0.25, 0.3) is 0 Å². The highest BCUT2D eigenvalue weighted by Crippen LogP contribution is 2.39. The van der Waals surface area contributed by atoms with Crippen LogP contribution in [0.3, 0.4) is 0 Å². The van der Waals surface area contributed by atoms with Gasteiger partial charge < -0.3 is 14.5 Å². The van der Waals surface area contributed by atoms with E-state index >= 15 is 0 Å². The predicted molar refractivity (Wildman–Crippen MR) is 129 cm³/mol. The molecule has 2 aliphatic rings. The summed E-state index contributed by atoms with van der Waals surface area (Å²) in [5.41, 5.74) is 3.95. The molecule has 0 saturated carbocycles. The Morgan fingerprint density at radius 1 is 0.970 bits per heavy atom. The summed E-state index contributed by atoms with van der Waals surface area (Å²) in [5, 5.41) is 0. The molecule has 2 aliphatic heterocycles. The van der Waals surface area contributed by atoms with Crippen molar-refractivity contribution in [3.63, 3.8) is 0 Å². The summed E-state index contributed by atoms with van der Waals surface area (Å²) in [5.74, 6) is 0.517. The zero-order chi connectivity index (χ0) is 23.0. The van der Waals surface area contributed by atoms with E-state index in [1.165, 1.54) is 11.1 Å². The number of rotatable bonds is 4. The van der Waals surface area contributed by atoms with Crippen molar-refractivity contribution in [2.45, 2.75) is 38.8 Å². The van der Waals surface area contributed by atoms with Crippen molar-refractivity contribution in [2.75, 3.05) is 18.0 Å². The van der Waals surface area contributed by atoms with E-state index in [9.17, 15) is 9.59 Å². The molecule has 0 atom stereocenters. The van der Waals surface area contributed by atoms with Gasteiger partial charge in [0.15, 0.2) is 5.60 Å². The molecule has 0 fully saturated rings. The predicted octanol–water partition coefficient (Wildman–Crippen LogP) is 4.63. The van der Waals surface area contributed by atoms with Crippen LogP contribution >= 0.6 is 0 Å². The molecular weight excluding hydrogens is 412 g/mol. The molecule has 168 valence electrons. The molecule has 3 aromatic rings. The lowest BCUT2D eigenvalue weighted by molar-refractivity contribution is -0.132. The van der Waals surface area contributed by atoms with Crippen molar-refractivity contribution >= 4 is 17.5 Å². The fourth-order valence-electron chi connectivity index (χ4n) is 4.66. The molecule has 33 heavy (non-hydrogen) atoms. The van der Waals surface area contributed by atoms with Gasteiger partial charge in [-0.15, -0.1) is 0 Å². The smallest absolute Gasteiger partial charge is 0.270 e. The van der Waals surface area contributed by atoms with Gasteiger partial charge >= 0.3 is 0 Å². The van der Waals surface area contributed by atoms with Gasteiger partial charge in [-0.3, -0.25) is 9.59 Å². The second kappa shape index (κ2) is 8.39. The van der Waals surface area contributed by atoms with E-state index in [4.69, 9.17) is 4.74 Å². The molecule has 0 unspecified atom stereocenters. The van der Waals surface area contributed by atoms with Gasteiger partial charge in [-0.05, 0) is 61.6 Å². The molecule has 0 aliphatic carbocycles. The monoisotopic (exact) mass is 440 g/mol. The minimum atomic E-state index is -0.953. The average Bonchev–Trinajstić information content (AvgIpc) is 2.84. The number of fused-ring (bicyclic) bond motifs is 2. The maximum Gasteiger partial charge on any atom is 0.270 e. The van der Waals surface area contributed by atoms with Gasteiger partial charge in [0.25, 0.3) is 11.8 Å². The Morgan fingerprint density at radius 2 is 1.70 bits per heavy atom. The van der Waals surface area contributed by atoms with Crippen molar-refractivity contribution in [3.05, 3.63) is 95.1 Å². The first-order valence-electron chi connectivity index (χ1n) is 11.5. The number of benzene rings is 3. The third-order valence-electron chi connectivity index (χ3n) is 6.51. The largest absolute Gasteiger partial charge is 0.476 e. The lowest BCUT2D eigenvalue weighted by Gasteiger charge is -2.39. The number of ether oxygens (including phenoxy) is 1. The zero-order valence-corrected chi connectivity index (χ0v) is 19.1. The Kier molecular flexibility index (Phi) is 5.41. The molecule has 2 amide bonds. The van der Waals surface area contributed by atoms with Crippen LogP contribution in [0.5, 0.6) is 5.75 Å². The topological polar surface area (TPSA) is 49.9 Å². The summed E-state index contributed by atoms with van der Waals surface area (Å²) < 4.78 is 6.02.